The summed E-state index contributed by atoms with van der Waals surface area (Å²) in [5, 5.41) is 3.26. The fourth-order valence-corrected chi connectivity index (χ4v) is 2.55. The maximum Gasteiger partial charge on any atom is 0.507 e. The normalized spacial score (nSPS) is 30.2. The van der Waals surface area contributed by atoms with Crippen molar-refractivity contribution in [1.82, 2.24) is 5.32 Å². The number of hydrogen-bond donors (Lipinski definition) is 1. The van der Waals surface area contributed by atoms with Gasteiger partial charge in [-0.3, -0.25) is 0 Å². The molecule has 0 radical (unpaired) electrons. The minimum Gasteiger partial charge on any atom is -0.421 e. The number of alkyl halides is 4. The van der Waals surface area contributed by atoms with Gasteiger partial charge in [-0.25, -0.2) is 0 Å². The molecule has 0 saturated carbocycles. The van der Waals surface area contributed by atoms with Crippen LogP contribution in [0.25, 0.3) is 0 Å². The summed E-state index contributed by atoms with van der Waals surface area (Å²) >= 11 is 0. The monoisotopic (exact) mass is 291 g/mol. The largest absolute Gasteiger partial charge is 0.507 e. The van der Waals surface area contributed by atoms with Crippen LogP contribution in [-0.4, -0.2) is 18.8 Å². The molecule has 1 aromatic rings. The molecule has 1 atom stereocenters. The predicted molar refractivity (Wildman–Crippen MR) is 62.2 cm³/mol. The molecule has 3 nitrogen and oxygen atoms in total. The van der Waals surface area contributed by atoms with Crippen molar-refractivity contribution < 1.29 is 27.0 Å². The molecule has 3 rings (SSSR count). The van der Waals surface area contributed by atoms with E-state index in [0.29, 0.717) is 5.56 Å². The van der Waals surface area contributed by atoms with E-state index in [4.69, 9.17) is 0 Å². The zero-order valence-corrected chi connectivity index (χ0v) is 10.7. The Hall–Kier alpha value is -1.50. The molecular weight excluding hydrogens is 278 g/mol. The fraction of sp³-hybridized carbons (Fsp3) is 0.538. The molecule has 0 aromatic heterocycles. The van der Waals surface area contributed by atoms with E-state index in [1.54, 1.807) is 6.07 Å². The topological polar surface area (TPSA) is 30.5 Å². The summed E-state index contributed by atoms with van der Waals surface area (Å²) in [6.45, 7) is 2.75. The van der Waals surface area contributed by atoms with Crippen LogP contribution in [0.5, 0.6) is 11.5 Å². The van der Waals surface area contributed by atoms with Crippen LogP contribution in [0.1, 0.15) is 25.3 Å². The highest BCUT2D eigenvalue weighted by atomic mass is 19.3. The first kappa shape index (κ1) is 13.5. The Morgan fingerprint density at radius 2 is 1.70 bits per heavy atom. The average molecular weight is 291 g/mol. The Morgan fingerprint density at radius 1 is 1.05 bits per heavy atom. The molecule has 2 aliphatic heterocycles. The zero-order chi connectivity index (χ0) is 14.6. The Labute approximate surface area is 112 Å². The molecule has 0 spiro atoms. The number of rotatable bonds is 1. The molecule has 110 valence electrons. The summed E-state index contributed by atoms with van der Waals surface area (Å²) < 4.78 is 60.6. The van der Waals surface area contributed by atoms with E-state index in [9.17, 15) is 17.6 Å². The van der Waals surface area contributed by atoms with Crippen LogP contribution in [-0.2, 0) is 5.54 Å². The van der Waals surface area contributed by atoms with Gasteiger partial charge in [0, 0.05) is 5.54 Å². The first-order valence-electron chi connectivity index (χ1n) is 6.27. The van der Waals surface area contributed by atoms with E-state index >= 15 is 0 Å². The third-order valence-corrected chi connectivity index (χ3v) is 3.76. The summed E-state index contributed by atoms with van der Waals surface area (Å²) in [4.78, 5) is 0. The quantitative estimate of drug-likeness (QED) is 0.806. The van der Waals surface area contributed by atoms with E-state index in [-0.39, 0.29) is 17.0 Å². The van der Waals surface area contributed by atoms with Crippen LogP contribution in [0.2, 0.25) is 0 Å². The minimum absolute atomic E-state index is 0.367. The lowest BCUT2D eigenvalue weighted by Crippen LogP contribution is -2.52. The molecule has 1 aromatic carbocycles. The second-order valence-electron chi connectivity index (χ2n) is 5.26. The molecular formula is C13H13F4NO2. The maximum atomic E-state index is 13.2. The molecule has 20 heavy (non-hydrogen) atoms. The van der Waals surface area contributed by atoms with Gasteiger partial charge in [0.2, 0.25) is 0 Å². The van der Waals surface area contributed by atoms with E-state index in [1.807, 2.05) is 6.92 Å². The second kappa shape index (κ2) is 4.00. The molecule has 1 unspecified atom stereocenters. The van der Waals surface area contributed by atoms with Gasteiger partial charge in [0.05, 0.1) is 0 Å². The van der Waals surface area contributed by atoms with Crippen LogP contribution in [0.15, 0.2) is 18.2 Å². The van der Waals surface area contributed by atoms with E-state index in [0.717, 1.165) is 19.4 Å². The minimum atomic E-state index is -4.68. The van der Waals surface area contributed by atoms with Gasteiger partial charge in [0.25, 0.3) is 0 Å². The molecule has 2 aliphatic rings. The van der Waals surface area contributed by atoms with Gasteiger partial charge >= 0.3 is 12.2 Å². The van der Waals surface area contributed by atoms with Gasteiger partial charge in [-0.15, -0.1) is 0 Å². The van der Waals surface area contributed by atoms with Crippen LogP contribution >= 0.6 is 0 Å². The van der Waals surface area contributed by atoms with Crippen molar-refractivity contribution in [3.05, 3.63) is 23.8 Å². The van der Waals surface area contributed by atoms with Gasteiger partial charge in [-0.1, -0.05) is 6.07 Å². The Morgan fingerprint density at radius 3 is 2.30 bits per heavy atom. The zero-order valence-electron chi connectivity index (χ0n) is 10.7. The maximum absolute atomic E-state index is 13.2. The lowest BCUT2D eigenvalue weighted by Gasteiger charge is -2.33. The van der Waals surface area contributed by atoms with Gasteiger partial charge in [0.1, 0.15) is 0 Å². The third kappa shape index (κ3) is 1.91. The van der Waals surface area contributed by atoms with Gasteiger partial charge in [-0.05, 0) is 44.0 Å². The van der Waals surface area contributed by atoms with E-state index in [2.05, 4.69) is 14.8 Å². The van der Waals surface area contributed by atoms with Crippen molar-refractivity contribution in [2.24, 2.45) is 0 Å². The Balaban J connectivity index is 1.99. The number of nitrogens with one attached hydrogen (secondary N) is 1. The number of ether oxygens (including phenoxy) is 2. The highest BCUT2D eigenvalue weighted by Crippen LogP contribution is 2.48. The second-order valence-corrected chi connectivity index (χ2v) is 5.26. The van der Waals surface area contributed by atoms with E-state index in [1.165, 1.54) is 12.1 Å². The lowest BCUT2D eigenvalue weighted by molar-refractivity contribution is -0.391. The van der Waals surface area contributed by atoms with Crippen molar-refractivity contribution in [3.8, 4) is 11.5 Å². The summed E-state index contributed by atoms with van der Waals surface area (Å²) in [5.41, 5.74) is 0.339. The standard InChI is InChI=1S/C13H13F4NO2/c1-11(5-2-6-18-11)8-3-4-9-10(7-8)20-13(16,17)12(14,15)19-9/h3-4,7,18H,2,5-6H2,1H3. The fourth-order valence-electron chi connectivity index (χ4n) is 2.55. The molecule has 2 heterocycles. The Kier molecular flexibility index (Phi) is 2.70. The smallest absolute Gasteiger partial charge is 0.421 e. The molecule has 1 N–H and O–H groups in total. The number of fused-ring (bicyclic) bond motifs is 1. The number of benzene rings is 1. The van der Waals surface area contributed by atoms with Crippen molar-refractivity contribution in [3.63, 3.8) is 0 Å². The highest BCUT2D eigenvalue weighted by molar-refractivity contribution is 5.46. The van der Waals surface area contributed by atoms with Crippen molar-refractivity contribution in [2.45, 2.75) is 37.5 Å². The molecule has 0 aliphatic carbocycles. The summed E-state index contributed by atoms with van der Waals surface area (Å²) in [6.07, 6.45) is -7.56. The Bertz CT molecular complexity index is 541. The van der Waals surface area contributed by atoms with Crippen LogP contribution in [0, 0.1) is 0 Å². The predicted octanol–water partition coefficient (Wildman–Crippen LogP) is 3.24. The summed E-state index contributed by atoms with van der Waals surface area (Å²) in [6, 6.07) is 4.15. The van der Waals surface area contributed by atoms with Crippen LogP contribution in [0.4, 0.5) is 17.6 Å². The van der Waals surface area contributed by atoms with Crippen molar-refractivity contribution in [1.29, 1.82) is 0 Å². The average Bonchev–Trinajstić information content (AvgIpc) is 2.77. The molecule has 0 bridgehead atoms. The number of hydrogen-bond acceptors (Lipinski definition) is 3. The van der Waals surface area contributed by atoms with Gasteiger partial charge < -0.3 is 14.8 Å². The van der Waals surface area contributed by atoms with E-state index < -0.39 is 12.2 Å². The van der Waals surface area contributed by atoms with Crippen molar-refractivity contribution >= 4 is 0 Å². The molecule has 0 amide bonds. The lowest BCUT2D eigenvalue weighted by atomic mass is 9.90. The summed E-state index contributed by atoms with van der Waals surface area (Å²) in [7, 11) is 0. The van der Waals surface area contributed by atoms with Crippen LogP contribution < -0.4 is 14.8 Å². The molecule has 1 fully saturated rings. The SMILES string of the molecule is CC1(c2ccc3c(c2)OC(F)(F)C(F)(F)O3)CCCN1. The van der Waals surface area contributed by atoms with Crippen molar-refractivity contribution in [2.75, 3.05) is 6.54 Å². The highest BCUT2D eigenvalue weighted by Gasteiger charge is 2.66. The van der Waals surface area contributed by atoms with Gasteiger partial charge in [0.15, 0.2) is 11.5 Å². The van der Waals surface area contributed by atoms with Gasteiger partial charge in [-0.2, -0.15) is 17.6 Å². The van der Waals surface area contributed by atoms with Crippen LogP contribution in [0.3, 0.4) is 0 Å². The first-order valence-corrected chi connectivity index (χ1v) is 6.27. The summed E-state index contributed by atoms with van der Waals surface area (Å²) in [5.74, 6) is -0.750. The third-order valence-electron chi connectivity index (χ3n) is 3.76. The number of halogens is 4. The first-order chi connectivity index (χ1) is 9.24. The molecule has 1 saturated heterocycles. The molecule has 7 heteroatoms.